The molecule has 0 heterocycles. The molecule has 2 rings (SSSR count). The van der Waals surface area contributed by atoms with Crippen LogP contribution in [0.25, 0.3) is 0 Å². The number of carbonyl (C=O) groups is 1. The van der Waals surface area contributed by atoms with Crippen LogP contribution in [-0.2, 0) is 11.3 Å². The van der Waals surface area contributed by atoms with Gasteiger partial charge in [0.15, 0.2) is 18.1 Å². The van der Waals surface area contributed by atoms with Gasteiger partial charge in [-0.2, -0.15) is 0 Å². The lowest BCUT2D eigenvalue weighted by molar-refractivity contribution is -0.123. The average Bonchev–Trinajstić information content (AvgIpc) is 2.59. The molecule has 2 aromatic carbocycles. The third kappa shape index (κ3) is 4.69. The molecule has 128 valence electrons. The van der Waals surface area contributed by atoms with Crippen molar-refractivity contribution in [2.24, 2.45) is 0 Å². The second-order valence-corrected chi connectivity index (χ2v) is 5.61. The van der Waals surface area contributed by atoms with Gasteiger partial charge in [-0.1, -0.05) is 35.3 Å². The number of hydrogen-bond donors (Lipinski definition) is 1. The lowest BCUT2D eigenvalue weighted by Crippen LogP contribution is -2.28. The van der Waals surface area contributed by atoms with Crippen molar-refractivity contribution >= 4 is 29.1 Å². The first-order valence-corrected chi connectivity index (χ1v) is 7.85. The number of nitrogens with one attached hydrogen (secondary N) is 1. The van der Waals surface area contributed by atoms with E-state index in [0.717, 1.165) is 0 Å². The standard InChI is InChI=1S/C17H17Cl2NO4/c1-22-15-7-11(13(19)8-16(15)23-2)9-20-17(21)10-24-14-6-4-3-5-12(14)18/h3-8H,9-10H2,1-2H3,(H,20,21). The van der Waals surface area contributed by atoms with Crippen LogP contribution in [0.2, 0.25) is 10.0 Å². The number of ether oxygens (including phenoxy) is 3. The minimum atomic E-state index is -0.291. The van der Waals surface area contributed by atoms with E-state index in [1.54, 1.807) is 36.4 Å². The number of amides is 1. The summed E-state index contributed by atoms with van der Waals surface area (Å²) in [5.41, 5.74) is 0.709. The van der Waals surface area contributed by atoms with Gasteiger partial charge in [-0.25, -0.2) is 0 Å². The summed E-state index contributed by atoms with van der Waals surface area (Å²) in [6.45, 7) is 0.0958. The fraction of sp³-hybridized carbons (Fsp3) is 0.235. The van der Waals surface area contributed by atoms with E-state index in [4.69, 9.17) is 37.4 Å². The summed E-state index contributed by atoms with van der Waals surface area (Å²) in [7, 11) is 3.06. The van der Waals surface area contributed by atoms with E-state index in [-0.39, 0.29) is 19.1 Å². The number of methoxy groups -OCH3 is 2. The number of benzene rings is 2. The molecule has 0 fully saturated rings. The first-order chi connectivity index (χ1) is 11.5. The van der Waals surface area contributed by atoms with Gasteiger partial charge in [0, 0.05) is 17.6 Å². The van der Waals surface area contributed by atoms with Crippen molar-refractivity contribution in [3.05, 3.63) is 52.0 Å². The van der Waals surface area contributed by atoms with Crippen molar-refractivity contribution in [3.8, 4) is 17.2 Å². The Labute approximate surface area is 150 Å². The third-order valence-corrected chi connectivity index (χ3v) is 3.89. The zero-order valence-corrected chi connectivity index (χ0v) is 14.8. The second-order valence-electron chi connectivity index (χ2n) is 4.79. The van der Waals surface area contributed by atoms with E-state index in [0.29, 0.717) is 32.9 Å². The Morgan fingerprint density at radius 2 is 1.67 bits per heavy atom. The molecule has 0 aliphatic rings. The summed E-state index contributed by atoms with van der Waals surface area (Å²) in [4.78, 5) is 11.9. The maximum absolute atomic E-state index is 11.9. The van der Waals surface area contributed by atoms with Crippen molar-refractivity contribution in [2.75, 3.05) is 20.8 Å². The van der Waals surface area contributed by atoms with E-state index in [2.05, 4.69) is 5.32 Å². The quantitative estimate of drug-likeness (QED) is 0.808. The van der Waals surface area contributed by atoms with Crippen LogP contribution >= 0.6 is 23.2 Å². The van der Waals surface area contributed by atoms with Gasteiger partial charge in [0.25, 0.3) is 5.91 Å². The molecule has 5 nitrogen and oxygen atoms in total. The van der Waals surface area contributed by atoms with Crippen LogP contribution in [0, 0.1) is 0 Å². The monoisotopic (exact) mass is 369 g/mol. The Kier molecular flexibility index (Phi) is 6.58. The Morgan fingerprint density at radius 1 is 1.00 bits per heavy atom. The molecule has 0 aliphatic heterocycles. The highest BCUT2D eigenvalue weighted by Gasteiger charge is 2.11. The smallest absolute Gasteiger partial charge is 0.258 e. The molecule has 2 aromatic rings. The Balaban J connectivity index is 1.93. The van der Waals surface area contributed by atoms with Gasteiger partial charge in [0.05, 0.1) is 19.2 Å². The van der Waals surface area contributed by atoms with Crippen molar-refractivity contribution in [2.45, 2.75) is 6.54 Å². The van der Waals surface area contributed by atoms with Crippen molar-refractivity contribution in [1.29, 1.82) is 0 Å². The minimum Gasteiger partial charge on any atom is -0.493 e. The molecule has 24 heavy (non-hydrogen) atoms. The van der Waals surface area contributed by atoms with Crippen molar-refractivity contribution in [3.63, 3.8) is 0 Å². The summed E-state index contributed by atoms with van der Waals surface area (Å²) in [5.74, 6) is 1.23. The fourth-order valence-corrected chi connectivity index (χ4v) is 2.39. The zero-order valence-electron chi connectivity index (χ0n) is 13.3. The molecule has 0 aromatic heterocycles. The number of halogens is 2. The van der Waals surface area contributed by atoms with E-state index < -0.39 is 0 Å². The van der Waals surface area contributed by atoms with Gasteiger partial charge < -0.3 is 19.5 Å². The van der Waals surface area contributed by atoms with Crippen LogP contribution < -0.4 is 19.5 Å². The van der Waals surface area contributed by atoms with Gasteiger partial charge in [0.2, 0.25) is 0 Å². The third-order valence-electron chi connectivity index (χ3n) is 3.22. The summed E-state index contributed by atoms with van der Waals surface area (Å²) in [6.07, 6.45) is 0. The maximum atomic E-state index is 11.9. The molecule has 0 spiro atoms. The summed E-state index contributed by atoms with van der Waals surface area (Å²) < 4.78 is 15.8. The number of carbonyl (C=O) groups excluding carboxylic acids is 1. The van der Waals surface area contributed by atoms with Crippen LogP contribution in [0.4, 0.5) is 0 Å². The first-order valence-electron chi connectivity index (χ1n) is 7.09. The molecule has 0 saturated carbocycles. The summed E-state index contributed by atoms with van der Waals surface area (Å²) in [5, 5.41) is 3.65. The molecule has 0 saturated heterocycles. The molecule has 0 unspecified atom stereocenters. The number of hydrogen-bond acceptors (Lipinski definition) is 4. The lowest BCUT2D eigenvalue weighted by Gasteiger charge is -2.13. The van der Waals surface area contributed by atoms with Gasteiger partial charge >= 0.3 is 0 Å². The highest BCUT2D eigenvalue weighted by atomic mass is 35.5. The lowest BCUT2D eigenvalue weighted by atomic mass is 10.2. The maximum Gasteiger partial charge on any atom is 0.258 e. The molecule has 0 atom stereocenters. The molecule has 0 radical (unpaired) electrons. The fourth-order valence-electron chi connectivity index (χ4n) is 1.98. The van der Waals surface area contributed by atoms with Crippen LogP contribution in [0.1, 0.15) is 5.56 Å². The molecule has 1 amide bonds. The summed E-state index contributed by atoms with van der Waals surface area (Å²) >= 11 is 12.1. The topological polar surface area (TPSA) is 56.8 Å². The molecule has 0 bridgehead atoms. The minimum absolute atomic E-state index is 0.144. The van der Waals surface area contributed by atoms with Crippen LogP contribution in [0.5, 0.6) is 17.2 Å². The van der Waals surface area contributed by atoms with Gasteiger partial charge in [0.1, 0.15) is 5.75 Å². The highest BCUT2D eigenvalue weighted by Crippen LogP contribution is 2.33. The van der Waals surface area contributed by atoms with E-state index in [9.17, 15) is 4.79 Å². The van der Waals surface area contributed by atoms with Crippen LogP contribution in [0.15, 0.2) is 36.4 Å². The van der Waals surface area contributed by atoms with Gasteiger partial charge in [-0.3, -0.25) is 4.79 Å². The van der Waals surface area contributed by atoms with Gasteiger partial charge in [-0.15, -0.1) is 0 Å². The van der Waals surface area contributed by atoms with Crippen LogP contribution in [-0.4, -0.2) is 26.7 Å². The first kappa shape index (κ1) is 18.2. The predicted octanol–water partition coefficient (Wildman–Crippen LogP) is 3.71. The van der Waals surface area contributed by atoms with E-state index in [1.807, 2.05) is 0 Å². The molecular weight excluding hydrogens is 353 g/mol. The molecule has 1 N–H and O–H groups in total. The second kappa shape index (κ2) is 8.66. The van der Waals surface area contributed by atoms with Gasteiger partial charge in [-0.05, 0) is 23.8 Å². The predicted molar refractivity (Wildman–Crippen MR) is 93.3 cm³/mol. The molecule has 7 heteroatoms. The van der Waals surface area contributed by atoms with E-state index >= 15 is 0 Å². The van der Waals surface area contributed by atoms with Crippen molar-refractivity contribution < 1.29 is 19.0 Å². The number of para-hydroxylation sites is 1. The highest BCUT2D eigenvalue weighted by molar-refractivity contribution is 6.32. The molecule has 0 aliphatic carbocycles. The normalized spacial score (nSPS) is 10.2. The van der Waals surface area contributed by atoms with Crippen LogP contribution in [0.3, 0.4) is 0 Å². The van der Waals surface area contributed by atoms with Crippen molar-refractivity contribution in [1.82, 2.24) is 5.32 Å². The zero-order chi connectivity index (χ0) is 17.5. The largest absolute Gasteiger partial charge is 0.493 e. The number of rotatable bonds is 7. The van der Waals surface area contributed by atoms with E-state index in [1.165, 1.54) is 14.2 Å². The summed E-state index contributed by atoms with van der Waals surface area (Å²) in [6, 6.07) is 10.3. The Morgan fingerprint density at radius 3 is 2.33 bits per heavy atom. The average molecular weight is 370 g/mol. The Bertz CT molecular complexity index is 722. The molecular formula is C17H17Cl2NO4. The Hall–Kier alpha value is -2.11. The SMILES string of the molecule is COc1cc(Cl)c(CNC(=O)COc2ccccc2Cl)cc1OC.